The van der Waals surface area contributed by atoms with Gasteiger partial charge in [-0.15, -0.1) is 0 Å². The molecule has 0 aliphatic carbocycles. The normalized spacial score (nSPS) is 11.6. The molecule has 0 radical (unpaired) electrons. The maximum absolute atomic E-state index is 13.3. The molecule has 0 atom stereocenters. The van der Waals surface area contributed by atoms with Crippen molar-refractivity contribution < 1.29 is 4.39 Å². The molecule has 0 unspecified atom stereocenters. The SMILES string of the molecule is Cc1c(N)nc(C(C)(C)C)nc1-c1cccc(F)c1. The Morgan fingerprint density at radius 2 is 1.84 bits per heavy atom. The molecule has 0 aliphatic heterocycles. The molecule has 2 aromatic rings. The lowest BCUT2D eigenvalue weighted by Crippen LogP contribution is -2.18. The van der Waals surface area contributed by atoms with E-state index in [4.69, 9.17) is 5.73 Å². The standard InChI is InChI=1S/C15H18FN3/c1-9-12(10-6-5-7-11(16)8-10)18-14(15(2,3)4)19-13(9)17/h5-8H,1-4H3,(H2,17,18,19). The maximum Gasteiger partial charge on any atom is 0.136 e. The van der Waals surface area contributed by atoms with Crippen LogP contribution in [0, 0.1) is 12.7 Å². The Bertz CT molecular complexity index is 615. The van der Waals surface area contributed by atoms with Crippen LogP contribution in [0.25, 0.3) is 11.3 Å². The molecule has 0 bridgehead atoms. The summed E-state index contributed by atoms with van der Waals surface area (Å²) >= 11 is 0. The fourth-order valence-corrected chi connectivity index (χ4v) is 1.79. The highest BCUT2D eigenvalue weighted by atomic mass is 19.1. The molecule has 3 nitrogen and oxygen atoms in total. The lowest BCUT2D eigenvalue weighted by atomic mass is 9.95. The topological polar surface area (TPSA) is 51.8 Å². The van der Waals surface area contributed by atoms with Crippen LogP contribution in [0.4, 0.5) is 10.2 Å². The molecular weight excluding hydrogens is 241 g/mol. The van der Waals surface area contributed by atoms with Crippen molar-refractivity contribution in [3.63, 3.8) is 0 Å². The third-order valence-electron chi connectivity index (χ3n) is 2.95. The highest BCUT2D eigenvalue weighted by Gasteiger charge is 2.20. The van der Waals surface area contributed by atoms with Gasteiger partial charge in [-0.05, 0) is 19.1 Å². The number of aromatic nitrogens is 2. The number of halogens is 1. The van der Waals surface area contributed by atoms with Crippen LogP contribution in [0.15, 0.2) is 24.3 Å². The summed E-state index contributed by atoms with van der Waals surface area (Å²) in [5, 5.41) is 0. The highest BCUT2D eigenvalue weighted by Crippen LogP contribution is 2.28. The Balaban J connectivity index is 2.66. The number of nitrogen functional groups attached to an aromatic ring is 1. The first kappa shape index (κ1) is 13.5. The molecule has 1 aromatic heterocycles. The van der Waals surface area contributed by atoms with Crippen LogP contribution in [-0.4, -0.2) is 9.97 Å². The van der Waals surface area contributed by atoms with Crippen LogP contribution in [0.5, 0.6) is 0 Å². The monoisotopic (exact) mass is 259 g/mol. The van der Waals surface area contributed by atoms with Crippen molar-refractivity contribution in [2.75, 3.05) is 5.73 Å². The first-order chi connectivity index (χ1) is 8.79. The second kappa shape index (κ2) is 4.61. The summed E-state index contributed by atoms with van der Waals surface area (Å²) in [5.41, 5.74) is 7.93. The van der Waals surface area contributed by atoms with E-state index in [2.05, 4.69) is 9.97 Å². The summed E-state index contributed by atoms with van der Waals surface area (Å²) in [6, 6.07) is 6.36. The van der Waals surface area contributed by atoms with Gasteiger partial charge in [-0.3, -0.25) is 0 Å². The number of anilines is 1. The van der Waals surface area contributed by atoms with Gasteiger partial charge < -0.3 is 5.73 Å². The van der Waals surface area contributed by atoms with Crippen LogP contribution in [0.1, 0.15) is 32.2 Å². The van der Waals surface area contributed by atoms with E-state index >= 15 is 0 Å². The van der Waals surface area contributed by atoms with Crippen molar-refractivity contribution >= 4 is 5.82 Å². The van der Waals surface area contributed by atoms with Gasteiger partial charge in [0.25, 0.3) is 0 Å². The molecule has 0 spiro atoms. The van der Waals surface area contributed by atoms with Crippen molar-refractivity contribution in [1.29, 1.82) is 0 Å². The minimum atomic E-state index is -0.286. The van der Waals surface area contributed by atoms with E-state index < -0.39 is 0 Å². The second-order valence-corrected chi connectivity index (χ2v) is 5.67. The van der Waals surface area contributed by atoms with E-state index in [1.54, 1.807) is 6.07 Å². The molecule has 19 heavy (non-hydrogen) atoms. The first-order valence-electron chi connectivity index (χ1n) is 6.19. The fraction of sp³-hybridized carbons (Fsp3) is 0.333. The van der Waals surface area contributed by atoms with Gasteiger partial charge in [0.05, 0.1) is 5.69 Å². The molecule has 1 aromatic carbocycles. The van der Waals surface area contributed by atoms with Gasteiger partial charge in [0.1, 0.15) is 17.5 Å². The molecule has 2 rings (SSSR count). The molecule has 100 valence electrons. The van der Waals surface area contributed by atoms with Gasteiger partial charge in [0.2, 0.25) is 0 Å². The highest BCUT2D eigenvalue weighted by molar-refractivity contribution is 5.67. The Kier molecular flexibility index (Phi) is 3.27. The minimum Gasteiger partial charge on any atom is -0.383 e. The van der Waals surface area contributed by atoms with Crippen molar-refractivity contribution in [3.05, 3.63) is 41.5 Å². The van der Waals surface area contributed by atoms with Crippen molar-refractivity contribution in [2.45, 2.75) is 33.1 Å². The maximum atomic E-state index is 13.3. The quantitative estimate of drug-likeness (QED) is 0.853. The second-order valence-electron chi connectivity index (χ2n) is 5.67. The van der Waals surface area contributed by atoms with Gasteiger partial charge in [-0.1, -0.05) is 32.9 Å². The molecule has 4 heteroatoms. The van der Waals surface area contributed by atoms with Crippen LogP contribution in [-0.2, 0) is 5.41 Å². The van der Waals surface area contributed by atoms with E-state index in [9.17, 15) is 4.39 Å². The van der Waals surface area contributed by atoms with Gasteiger partial charge in [0, 0.05) is 16.5 Å². The lowest BCUT2D eigenvalue weighted by molar-refractivity contribution is 0.546. The minimum absolute atomic E-state index is 0.204. The van der Waals surface area contributed by atoms with Crippen LogP contribution in [0.3, 0.4) is 0 Å². The molecule has 0 aliphatic rings. The number of rotatable bonds is 1. The lowest BCUT2D eigenvalue weighted by Gasteiger charge is -2.19. The smallest absolute Gasteiger partial charge is 0.136 e. The first-order valence-corrected chi connectivity index (χ1v) is 6.19. The summed E-state index contributed by atoms with van der Waals surface area (Å²) in [6.45, 7) is 7.91. The fourth-order valence-electron chi connectivity index (χ4n) is 1.79. The Hall–Kier alpha value is -1.97. The summed E-state index contributed by atoms with van der Waals surface area (Å²) in [4.78, 5) is 8.88. The van der Waals surface area contributed by atoms with Gasteiger partial charge >= 0.3 is 0 Å². The van der Waals surface area contributed by atoms with Crippen molar-refractivity contribution in [2.24, 2.45) is 0 Å². The van der Waals surface area contributed by atoms with Crippen LogP contribution < -0.4 is 5.73 Å². The summed E-state index contributed by atoms with van der Waals surface area (Å²) in [5.74, 6) is 0.820. The zero-order valence-corrected chi connectivity index (χ0v) is 11.7. The predicted molar refractivity (Wildman–Crippen MR) is 75.3 cm³/mol. The molecule has 0 saturated heterocycles. The summed E-state index contributed by atoms with van der Waals surface area (Å²) < 4.78 is 13.3. The number of hydrogen-bond acceptors (Lipinski definition) is 3. The number of nitrogens with zero attached hydrogens (tertiary/aromatic N) is 2. The largest absolute Gasteiger partial charge is 0.383 e. The molecule has 0 amide bonds. The predicted octanol–water partition coefficient (Wildman–Crippen LogP) is 3.47. The third-order valence-corrected chi connectivity index (χ3v) is 2.95. The average Bonchev–Trinajstić information content (AvgIpc) is 2.31. The van der Waals surface area contributed by atoms with Crippen LogP contribution in [0.2, 0.25) is 0 Å². The number of benzene rings is 1. The van der Waals surface area contributed by atoms with E-state index in [1.807, 2.05) is 33.8 Å². The molecule has 2 N–H and O–H groups in total. The zero-order valence-electron chi connectivity index (χ0n) is 11.7. The number of hydrogen-bond donors (Lipinski definition) is 1. The van der Waals surface area contributed by atoms with E-state index in [0.717, 1.165) is 11.1 Å². The molecule has 0 saturated carbocycles. The summed E-state index contributed by atoms with van der Waals surface area (Å²) in [7, 11) is 0. The Labute approximate surface area is 112 Å². The third kappa shape index (κ3) is 2.72. The Morgan fingerprint density at radius 1 is 1.16 bits per heavy atom. The number of nitrogens with two attached hydrogens (primary N) is 1. The zero-order chi connectivity index (χ0) is 14.2. The van der Waals surface area contributed by atoms with Crippen LogP contribution >= 0.6 is 0 Å². The molecule has 1 heterocycles. The van der Waals surface area contributed by atoms with Crippen molar-refractivity contribution in [3.8, 4) is 11.3 Å². The van der Waals surface area contributed by atoms with E-state index in [1.165, 1.54) is 12.1 Å². The van der Waals surface area contributed by atoms with Crippen molar-refractivity contribution in [1.82, 2.24) is 9.97 Å². The van der Waals surface area contributed by atoms with Gasteiger partial charge in [-0.2, -0.15) is 0 Å². The van der Waals surface area contributed by atoms with Gasteiger partial charge in [0.15, 0.2) is 0 Å². The summed E-state index contributed by atoms with van der Waals surface area (Å²) in [6.07, 6.45) is 0. The average molecular weight is 259 g/mol. The molecular formula is C15H18FN3. The Morgan fingerprint density at radius 3 is 2.42 bits per heavy atom. The van der Waals surface area contributed by atoms with E-state index in [-0.39, 0.29) is 11.2 Å². The van der Waals surface area contributed by atoms with Gasteiger partial charge in [-0.25, -0.2) is 14.4 Å². The molecule has 0 fully saturated rings. The van der Waals surface area contributed by atoms with E-state index in [0.29, 0.717) is 17.3 Å².